The Balaban J connectivity index is 4.19. The molecular formula is C7H10O3. The third kappa shape index (κ3) is 3.60. The fourth-order valence-electron chi connectivity index (χ4n) is 0.296. The van der Waals surface area contributed by atoms with Crippen molar-refractivity contribution in [2.45, 2.75) is 6.92 Å². The zero-order valence-electron chi connectivity index (χ0n) is 5.70. The molecule has 0 aliphatic heterocycles. The molecule has 0 heterocycles. The predicted octanol–water partition coefficient (Wildman–Crippen LogP) is 1.96. The van der Waals surface area contributed by atoms with E-state index >= 15 is 0 Å². The number of rotatable bonds is 2. The van der Waals surface area contributed by atoms with E-state index in [1.165, 1.54) is 13.0 Å². The Morgan fingerprint density at radius 2 is 1.70 bits per heavy atom. The summed E-state index contributed by atoms with van der Waals surface area (Å²) in [4.78, 5) is 0. The molecule has 0 bridgehead atoms. The average molecular weight is 142 g/mol. The van der Waals surface area contributed by atoms with E-state index in [-0.39, 0.29) is 11.5 Å². The minimum absolute atomic E-state index is 0.0489. The summed E-state index contributed by atoms with van der Waals surface area (Å²) in [5, 5.41) is 25.8. The van der Waals surface area contributed by atoms with Crippen molar-refractivity contribution in [3.63, 3.8) is 0 Å². The first-order valence-corrected chi connectivity index (χ1v) is 2.69. The Bertz CT molecular complexity index is 185. The van der Waals surface area contributed by atoms with E-state index in [1.54, 1.807) is 0 Å². The molecule has 0 saturated heterocycles. The van der Waals surface area contributed by atoms with E-state index in [1.807, 2.05) is 0 Å². The van der Waals surface area contributed by atoms with Crippen molar-refractivity contribution >= 4 is 0 Å². The maximum atomic E-state index is 8.73. The molecule has 0 aromatic rings. The second-order valence-corrected chi connectivity index (χ2v) is 1.81. The highest BCUT2D eigenvalue weighted by molar-refractivity contribution is 5.20. The Labute approximate surface area is 59.2 Å². The molecule has 0 spiro atoms. The SMILES string of the molecule is C=C(O)/C(O)=C\C=C(/C)O. The minimum atomic E-state index is -0.419. The molecule has 0 rings (SSSR count). The first-order chi connectivity index (χ1) is 4.54. The summed E-state index contributed by atoms with van der Waals surface area (Å²) in [5.41, 5.74) is 0. The van der Waals surface area contributed by atoms with Gasteiger partial charge in [0.05, 0.1) is 5.76 Å². The zero-order valence-corrected chi connectivity index (χ0v) is 5.70. The van der Waals surface area contributed by atoms with Crippen LogP contribution < -0.4 is 0 Å². The Hall–Kier alpha value is -1.38. The van der Waals surface area contributed by atoms with Crippen LogP contribution in [0, 0.1) is 0 Å². The molecule has 0 aromatic carbocycles. The molecule has 0 saturated carbocycles. The van der Waals surface area contributed by atoms with Gasteiger partial charge >= 0.3 is 0 Å². The summed E-state index contributed by atoms with van der Waals surface area (Å²) < 4.78 is 0. The maximum absolute atomic E-state index is 8.73. The molecule has 0 atom stereocenters. The highest BCUT2D eigenvalue weighted by Gasteiger charge is 1.91. The lowest BCUT2D eigenvalue weighted by molar-refractivity contribution is 0.328. The van der Waals surface area contributed by atoms with Gasteiger partial charge in [-0.05, 0) is 19.1 Å². The topological polar surface area (TPSA) is 60.7 Å². The van der Waals surface area contributed by atoms with Gasteiger partial charge in [0.2, 0.25) is 0 Å². The lowest BCUT2D eigenvalue weighted by atomic mass is 10.3. The first-order valence-electron chi connectivity index (χ1n) is 2.69. The monoisotopic (exact) mass is 142 g/mol. The number of aliphatic hydroxyl groups is 3. The van der Waals surface area contributed by atoms with Crippen LogP contribution in [0.1, 0.15) is 6.92 Å². The van der Waals surface area contributed by atoms with Gasteiger partial charge in [-0.1, -0.05) is 6.58 Å². The molecule has 56 valence electrons. The quantitative estimate of drug-likeness (QED) is 0.408. The van der Waals surface area contributed by atoms with Gasteiger partial charge in [0.1, 0.15) is 5.76 Å². The van der Waals surface area contributed by atoms with Crippen LogP contribution in [-0.2, 0) is 0 Å². The normalized spacial score (nSPS) is 13.3. The van der Waals surface area contributed by atoms with Crippen LogP contribution in [0.3, 0.4) is 0 Å². The van der Waals surface area contributed by atoms with Gasteiger partial charge in [-0.3, -0.25) is 0 Å². The highest BCUT2D eigenvalue weighted by Crippen LogP contribution is 1.99. The van der Waals surface area contributed by atoms with Crippen molar-refractivity contribution in [3.8, 4) is 0 Å². The minimum Gasteiger partial charge on any atom is -0.513 e. The average Bonchev–Trinajstić information content (AvgIpc) is 1.82. The van der Waals surface area contributed by atoms with E-state index < -0.39 is 5.76 Å². The van der Waals surface area contributed by atoms with E-state index in [9.17, 15) is 0 Å². The smallest absolute Gasteiger partial charge is 0.156 e. The van der Waals surface area contributed by atoms with Gasteiger partial charge in [0, 0.05) is 0 Å². The van der Waals surface area contributed by atoms with Crippen LogP contribution in [0.2, 0.25) is 0 Å². The van der Waals surface area contributed by atoms with E-state index in [0.717, 1.165) is 6.08 Å². The molecule has 0 aromatic heterocycles. The van der Waals surface area contributed by atoms with Gasteiger partial charge in [-0.25, -0.2) is 0 Å². The molecule has 3 heteroatoms. The van der Waals surface area contributed by atoms with E-state index in [2.05, 4.69) is 6.58 Å². The van der Waals surface area contributed by atoms with Crippen molar-refractivity contribution in [2.24, 2.45) is 0 Å². The summed E-state index contributed by atoms with van der Waals surface area (Å²) >= 11 is 0. The molecule has 10 heavy (non-hydrogen) atoms. The Kier molecular flexibility index (Phi) is 3.11. The van der Waals surface area contributed by atoms with Gasteiger partial charge in [0.25, 0.3) is 0 Å². The summed E-state index contributed by atoms with van der Waals surface area (Å²) in [5.74, 6) is -0.723. The largest absolute Gasteiger partial charge is 0.513 e. The van der Waals surface area contributed by atoms with Crippen LogP contribution in [0.5, 0.6) is 0 Å². The second kappa shape index (κ2) is 3.61. The van der Waals surface area contributed by atoms with Gasteiger partial charge in [-0.2, -0.15) is 0 Å². The van der Waals surface area contributed by atoms with Crippen molar-refractivity contribution < 1.29 is 15.3 Å². The molecule has 0 aliphatic rings. The maximum Gasteiger partial charge on any atom is 0.156 e. The molecule has 0 radical (unpaired) electrons. The van der Waals surface area contributed by atoms with E-state index in [0.29, 0.717) is 0 Å². The van der Waals surface area contributed by atoms with Crippen LogP contribution in [0.25, 0.3) is 0 Å². The van der Waals surface area contributed by atoms with Crippen LogP contribution in [0.15, 0.2) is 36.0 Å². The van der Waals surface area contributed by atoms with Gasteiger partial charge in [0.15, 0.2) is 5.76 Å². The summed E-state index contributed by atoms with van der Waals surface area (Å²) in [6, 6.07) is 0. The van der Waals surface area contributed by atoms with Crippen molar-refractivity contribution in [2.75, 3.05) is 0 Å². The zero-order chi connectivity index (χ0) is 8.15. The molecule has 0 fully saturated rings. The predicted molar refractivity (Wildman–Crippen MR) is 38.9 cm³/mol. The molecular weight excluding hydrogens is 132 g/mol. The fourth-order valence-corrected chi connectivity index (χ4v) is 0.296. The third-order valence-electron chi connectivity index (χ3n) is 0.778. The van der Waals surface area contributed by atoms with Crippen molar-refractivity contribution in [1.82, 2.24) is 0 Å². The molecule has 3 nitrogen and oxygen atoms in total. The summed E-state index contributed by atoms with van der Waals surface area (Å²) in [6.45, 7) is 4.51. The number of hydrogen-bond acceptors (Lipinski definition) is 3. The Morgan fingerprint density at radius 3 is 2.00 bits per heavy atom. The Morgan fingerprint density at radius 1 is 1.20 bits per heavy atom. The number of allylic oxidation sites excluding steroid dienone is 3. The lowest BCUT2D eigenvalue weighted by Crippen LogP contribution is -1.82. The fraction of sp³-hybridized carbons (Fsp3) is 0.143. The summed E-state index contributed by atoms with van der Waals surface area (Å²) in [6.07, 6.45) is 2.40. The lowest BCUT2D eigenvalue weighted by Gasteiger charge is -1.92. The van der Waals surface area contributed by atoms with E-state index in [4.69, 9.17) is 15.3 Å². The molecule has 0 amide bonds. The molecule has 0 unspecified atom stereocenters. The second-order valence-electron chi connectivity index (χ2n) is 1.81. The van der Waals surface area contributed by atoms with Gasteiger partial charge < -0.3 is 15.3 Å². The number of aliphatic hydroxyl groups excluding tert-OH is 3. The van der Waals surface area contributed by atoms with Crippen molar-refractivity contribution in [1.29, 1.82) is 0 Å². The highest BCUT2D eigenvalue weighted by atomic mass is 16.3. The van der Waals surface area contributed by atoms with Crippen molar-refractivity contribution in [3.05, 3.63) is 36.0 Å². The third-order valence-corrected chi connectivity index (χ3v) is 0.778. The standard InChI is InChI=1S/C7H10O3/c1-5(8)3-4-7(10)6(2)9/h3-4,8-10H,2H2,1H3/b5-3+,7-4+. The van der Waals surface area contributed by atoms with Gasteiger partial charge in [-0.15, -0.1) is 0 Å². The number of hydrogen-bond donors (Lipinski definition) is 3. The summed E-state index contributed by atoms with van der Waals surface area (Å²) in [7, 11) is 0. The molecule has 0 aliphatic carbocycles. The van der Waals surface area contributed by atoms with Crippen LogP contribution in [0.4, 0.5) is 0 Å². The van der Waals surface area contributed by atoms with Crippen LogP contribution >= 0.6 is 0 Å². The first kappa shape index (κ1) is 8.62. The molecule has 3 N–H and O–H groups in total. The van der Waals surface area contributed by atoms with Crippen LogP contribution in [-0.4, -0.2) is 15.3 Å².